The molecule has 6 nitrogen and oxygen atoms in total. The van der Waals surface area contributed by atoms with Gasteiger partial charge >= 0.3 is 0 Å². The molecule has 2 aliphatic heterocycles. The van der Waals surface area contributed by atoms with Crippen LogP contribution < -0.4 is 10.1 Å². The van der Waals surface area contributed by atoms with Crippen LogP contribution in [-0.4, -0.2) is 45.4 Å². The second-order valence-corrected chi connectivity index (χ2v) is 9.23. The van der Waals surface area contributed by atoms with Crippen LogP contribution in [0, 0.1) is 0 Å². The predicted molar refractivity (Wildman–Crippen MR) is 118 cm³/mol. The van der Waals surface area contributed by atoms with Gasteiger partial charge in [0.1, 0.15) is 5.75 Å². The third-order valence-electron chi connectivity index (χ3n) is 6.22. The first-order valence-corrected chi connectivity index (χ1v) is 11.5. The van der Waals surface area contributed by atoms with Crippen molar-refractivity contribution in [2.45, 2.75) is 57.2 Å². The van der Waals surface area contributed by atoms with E-state index in [-0.39, 0.29) is 5.91 Å². The molecule has 0 radical (unpaired) electrons. The SMILES string of the molecule is CC(=O)N1[C@@H]2CC[C@H]1CC(NCCc1ccc(Oc3nc4ncccc4s3)cc1)C2. The van der Waals surface area contributed by atoms with Crippen LogP contribution in [0.4, 0.5) is 0 Å². The fraction of sp³-hybridized carbons (Fsp3) is 0.435. The topological polar surface area (TPSA) is 67.4 Å². The van der Waals surface area contributed by atoms with E-state index >= 15 is 0 Å². The van der Waals surface area contributed by atoms with Gasteiger partial charge in [-0.3, -0.25) is 4.79 Å². The van der Waals surface area contributed by atoms with Gasteiger partial charge in [-0.05, 0) is 68.5 Å². The number of benzene rings is 1. The van der Waals surface area contributed by atoms with Crippen molar-refractivity contribution in [1.82, 2.24) is 20.2 Å². The van der Waals surface area contributed by atoms with Crippen molar-refractivity contribution in [2.24, 2.45) is 0 Å². The van der Waals surface area contributed by atoms with E-state index in [0.29, 0.717) is 23.3 Å². The van der Waals surface area contributed by atoms with E-state index in [1.165, 1.54) is 16.9 Å². The highest BCUT2D eigenvalue weighted by atomic mass is 32.1. The summed E-state index contributed by atoms with van der Waals surface area (Å²) in [5.41, 5.74) is 2.01. The van der Waals surface area contributed by atoms with Crippen molar-refractivity contribution in [1.29, 1.82) is 0 Å². The lowest BCUT2D eigenvalue weighted by Gasteiger charge is -2.38. The van der Waals surface area contributed by atoms with Crippen LogP contribution >= 0.6 is 11.3 Å². The Bertz CT molecular complexity index is 988. The molecular weight excluding hydrogens is 396 g/mol. The number of carbonyl (C=O) groups is 1. The standard InChI is InChI=1S/C23H26N4O2S/c1-15(28)27-18-6-7-19(27)14-17(13-18)24-12-10-16-4-8-20(9-5-16)29-23-26-22-21(30-23)3-2-11-25-22/h2-5,8-9,11,17-19,24H,6-7,10,12-14H2,1H3/t17?,18-,19+. The molecule has 2 saturated heterocycles. The van der Waals surface area contributed by atoms with Gasteiger partial charge in [-0.15, -0.1) is 0 Å². The van der Waals surface area contributed by atoms with E-state index < -0.39 is 0 Å². The number of piperidine rings is 1. The predicted octanol–water partition coefficient (Wildman–Crippen LogP) is 4.16. The average Bonchev–Trinajstić information content (AvgIpc) is 3.27. The van der Waals surface area contributed by atoms with Gasteiger partial charge in [0, 0.05) is 31.2 Å². The van der Waals surface area contributed by atoms with Gasteiger partial charge in [-0.1, -0.05) is 23.5 Å². The van der Waals surface area contributed by atoms with E-state index in [9.17, 15) is 4.79 Å². The smallest absolute Gasteiger partial charge is 0.281 e. The number of thiazole rings is 1. The number of nitrogens with one attached hydrogen (secondary N) is 1. The summed E-state index contributed by atoms with van der Waals surface area (Å²) in [4.78, 5) is 22.6. The van der Waals surface area contributed by atoms with Crippen LogP contribution in [0.1, 0.15) is 38.2 Å². The highest BCUT2D eigenvalue weighted by Gasteiger charge is 2.41. The van der Waals surface area contributed by atoms with E-state index in [1.54, 1.807) is 13.1 Å². The second-order valence-electron chi connectivity index (χ2n) is 8.23. The lowest BCUT2D eigenvalue weighted by molar-refractivity contribution is -0.133. The van der Waals surface area contributed by atoms with Gasteiger partial charge in [0.25, 0.3) is 5.19 Å². The molecule has 0 saturated carbocycles. The number of rotatable bonds is 6. The summed E-state index contributed by atoms with van der Waals surface area (Å²) in [6.45, 7) is 2.66. The molecule has 0 aliphatic carbocycles. The molecule has 156 valence electrons. The Morgan fingerprint density at radius 1 is 1.20 bits per heavy atom. The number of carbonyl (C=O) groups excluding carboxylic acids is 1. The third-order valence-corrected chi connectivity index (χ3v) is 7.11. The lowest BCUT2D eigenvalue weighted by Crippen LogP contribution is -2.51. The number of hydrogen-bond acceptors (Lipinski definition) is 6. The summed E-state index contributed by atoms with van der Waals surface area (Å²) < 4.78 is 6.92. The number of fused-ring (bicyclic) bond motifs is 3. The maximum atomic E-state index is 11.8. The Hall–Kier alpha value is -2.51. The Morgan fingerprint density at radius 2 is 1.97 bits per heavy atom. The summed E-state index contributed by atoms with van der Waals surface area (Å²) in [6.07, 6.45) is 7.21. The minimum Gasteiger partial charge on any atom is -0.431 e. The van der Waals surface area contributed by atoms with Crippen molar-refractivity contribution in [3.8, 4) is 10.9 Å². The quantitative estimate of drug-likeness (QED) is 0.646. The first-order chi connectivity index (χ1) is 14.7. The van der Waals surface area contributed by atoms with Crippen LogP contribution in [0.25, 0.3) is 10.3 Å². The molecule has 7 heteroatoms. The molecule has 1 N–H and O–H groups in total. The maximum Gasteiger partial charge on any atom is 0.281 e. The maximum absolute atomic E-state index is 11.8. The van der Waals surface area contributed by atoms with E-state index in [2.05, 4.69) is 32.3 Å². The summed E-state index contributed by atoms with van der Waals surface area (Å²) in [5.74, 6) is 1.03. The van der Waals surface area contributed by atoms with Crippen molar-refractivity contribution >= 4 is 27.6 Å². The second kappa shape index (κ2) is 8.32. The molecule has 1 aromatic carbocycles. The highest BCUT2D eigenvalue weighted by Crippen LogP contribution is 2.35. The molecule has 3 atom stereocenters. The molecule has 2 aliphatic rings. The number of ether oxygens (including phenoxy) is 1. The van der Waals surface area contributed by atoms with Gasteiger partial charge < -0.3 is 15.0 Å². The van der Waals surface area contributed by atoms with Gasteiger partial charge in [0.05, 0.1) is 4.70 Å². The van der Waals surface area contributed by atoms with Crippen molar-refractivity contribution in [3.05, 3.63) is 48.2 Å². The number of aromatic nitrogens is 2. The van der Waals surface area contributed by atoms with Gasteiger partial charge in [0.15, 0.2) is 5.65 Å². The molecule has 0 spiro atoms. The monoisotopic (exact) mass is 422 g/mol. The van der Waals surface area contributed by atoms with Crippen LogP contribution in [0.5, 0.6) is 10.9 Å². The Labute approximate surface area is 180 Å². The van der Waals surface area contributed by atoms with E-state index in [4.69, 9.17) is 4.74 Å². The number of pyridine rings is 1. The number of amides is 1. The first kappa shape index (κ1) is 19.5. The zero-order valence-corrected chi connectivity index (χ0v) is 17.9. The largest absolute Gasteiger partial charge is 0.431 e. The molecule has 3 aromatic rings. The molecule has 1 unspecified atom stereocenters. The Kier molecular flexibility index (Phi) is 5.39. The zero-order chi connectivity index (χ0) is 20.5. The van der Waals surface area contributed by atoms with Crippen molar-refractivity contribution < 1.29 is 9.53 Å². The lowest BCUT2D eigenvalue weighted by atomic mass is 9.97. The third kappa shape index (κ3) is 4.04. The molecule has 2 fully saturated rings. The molecule has 5 rings (SSSR count). The molecule has 2 bridgehead atoms. The normalized spacial score (nSPS) is 23.1. The number of hydrogen-bond donors (Lipinski definition) is 1. The summed E-state index contributed by atoms with van der Waals surface area (Å²) >= 11 is 1.50. The van der Waals surface area contributed by atoms with Gasteiger partial charge in [0.2, 0.25) is 5.91 Å². The first-order valence-electron chi connectivity index (χ1n) is 10.7. The van der Waals surface area contributed by atoms with Gasteiger partial charge in [-0.25, -0.2) is 4.98 Å². The fourth-order valence-electron chi connectivity index (χ4n) is 4.90. The van der Waals surface area contributed by atoms with Crippen LogP contribution in [0.3, 0.4) is 0 Å². The van der Waals surface area contributed by atoms with Crippen LogP contribution in [-0.2, 0) is 11.2 Å². The molecular formula is C23H26N4O2S. The minimum absolute atomic E-state index is 0.241. The molecule has 2 aromatic heterocycles. The Morgan fingerprint density at radius 3 is 2.67 bits per heavy atom. The van der Waals surface area contributed by atoms with Gasteiger partial charge in [-0.2, -0.15) is 4.98 Å². The summed E-state index contributed by atoms with van der Waals surface area (Å²) in [5, 5.41) is 4.33. The molecule has 4 heterocycles. The zero-order valence-electron chi connectivity index (χ0n) is 17.1. The van der Waals surface area contributed by atoms with Crippen molar-refractivity contribution in [2.75, 3.05) is 6.54 Å². The van der Waals surface area contributed by atoms with E-state index in [0.717, 1.165) is 54.7 Å². The minimum atomic E-state index is 0.241. The van der Waals surface area contributed by atoms with Crippen LogP contribution in [0.15, 0.2) is 42.6 Å². The molecule has 1 amide bonds. The fourth-order valence-corrected chi connectivity index (χ4v) is 5.69. The molecule has 30 heavy (non-hydrogen) atoms. The van der Waals surface area contributed by atoms with E-state index in [1.807, 2.05) is 24.3 Å². The number of nitrogens with zero attached hydrogens (tertiary/aromatic N) is 3. The average molecular weight is 423 g/mol. The summed E-state index contributed by atoms with van der Waals surface area (Å²) in [6, 6.07) is 13.5. The van der Waals surface area contributed by atoms with Crippen LogP contribution in [0.2, 0.25) is 0 Å². The van der Waals surface area contributed by atoms with Crippen molar-refractivity contribution in [3.63, 3.8) is 0 Å². The summed E-state index contributed by atoms with van der Waals surface area (Å²) in [7, 11) is 0. The Balaban J connectivity index is 1.11. The highest BCUT2D eigenvalue weighted by molar-refractivity contribution is 7.20.